The summed E-state index contributed by atoms with van der Waals surface area (Å²) in [5.41, 5.74) is 1.43. The smallest absolute Gasteiger partial charge is 0.373 e. The summed E-state index contributed by atoms with van der Waals surface area (Å²) in [6, 6.07) is 10.2. The molecule has 1 atom stereocenters. The Hall–Kier alpha value is -4.80. The zero-order valence-electron chi connectivity index (χ0n) is 21.7. The summed E-state index contributed by atoms with van der Waals surface area (Å²) in [6.07, 6.45) is 0. The van der Waals surface area contributed by atoms with Crippen LogP contribution in [0.15, 0.2) is 58.4 Å². The van der Waals surface area contributed by atoms with Gasteiger partial charge >= 0.3 is 19.5 Å². The molecule has 1 unspecified atom stereocenters. The molecule has 216 valence electrons. The molecule has 0 radical (unpaired) electrons. The van der Waals surface area contributed by atoms with Crippen molar-refractivity contribution in [3.05, 3.63) is 79.1 Å². The fourth-order valence-corrected chi connectivity index (χ4v) is 5.32. The average Bonchev–Trinajstić information content (AvgIpc) is 3.37. The van der Waals surface area contributed by atoms with E-state index in [9.17, 15) is 34.4 Å². The van der Waals surface area contributed by atoms with Crippen LogP contribution in [0.1, 0.15) is 24.3 Å². The first-order chi connectivity index (χ1) is 19.5. The normalized spacial score (nSPS) is 13.2. The first-order valence-corrected chi connectivity index (χ1v) is 13.9. The van der Waals surface area contributed by atoms with Crippen molar-refractivity contribution in [3.63, 3.8) is 0 Å². The number of nitro groups is 2. The van der Waals surface area contributed by atoms with Crippen molar-refractivity contribution < 1.29 is 38.0 Å². The summed E-state index contributed by atoms with van der Waals surface area (Å²) in [6.45, 7) is 2.92. The number of nitrogens with zero attached hydrogens (tertiary/aromatic N) is 6. The number of rotatable bonds is 12. The molecule has 2 aromatic carbocycles. The van der Waals surface area contributed by atoms with E-state index < -0.39 is 34.8 Å². The SMILES string of the molecule is CCOC(=O)/C(=N\Nc1ccc([N+](=O)[O-])cc1)P(=O)(/N=c1\sn(-c2ccc([N+](=O)[O-])cc2)nc1C(=O)OCC)OC. The highest BCUT2D eigenvalue weighted by Gasteiger charge is 2.37. The number of carbonyl (C=O) groups excluding carboxylic acids is 2. The molecule has 0 spiro atoms. The molecule has 17 nitrogen and oxygen atoms in total. The van der Waals surface area contributed by atoms with Gasteiger partial charge in [0, 0.05) is 31.4 Å². The maximum Gasteiger partial charge on any atom is 0.373 e. The molecule has 1 aromatic heterocycles. The monoisotopic (exact) mass is 607 g/mol. The number of esters is 2. The Morgan fingerprint density at radius 1 is 1.00 bits per heavy atom. The minimum Gasteiger partial charge on any atom is -0.461 e. The number of carbonyl (C=O) groups is 2. The van der Waals surface area contributed by atoms with Gasteiger partial charge < -0.3 is 14.0 Å². The van der Waals surface area contributed by atoms with Gasteiger partial charge in [-0.15, -0.1) is 5.10 Å². The number of nitrogens with one attached hydrogen (secondary N) is 1. The predicted octanol–water partition coefficient (Wildman–Crippen LogP) is 3.66. The van der Waals surface area contributed by atoms with Gasteiger partial charge in [-0.05, 0) is 49.6 Å². The van der Waals surface area contributed by atoms with Crippen LogP contribution in [0.5, 0.6) is 0 Å². The minimum atomic E-state index is -4.58. The summed E-state index contributed by atoms with van der Waals surface area (Å²) in [5, 5.41) is 29.9. The third-order valence-electron chi connectivity index (χ3n) is 4.88. The van der Waals surface area contributed by atoms with Gasteiger partial charge in [0.25, 0.3) is 16.8 Å². The van der Waals surface area contributed by atoms with Crippen LogP contribution in [0.4, 0.5) is 17.1 Å². The lowest BCUT2D eigenvalue weighted by Crippen LogP contribution is -2.21. The van der Waals surface area contributed by atoms with Gasteiger partial charge in [-0.3, -0.25) is 30.2 Å². The molecule has 0 aliphatic heterocycles. The van der Waals surface area contributed by atoms with Crippen LogP contribution in [0.3, 0.4) is 0 Å². The lowest BCUT2D eigenvalue weighted by Gasteiger charge is -2.13. The number of hydrogen-bond acceptors (Lipinski definition) is 14. The Morgan fingerprint density at radius 2 is 1.56 bits per heavy atom. The zero-order chi connectivity index (χ0) is 30.2. The molecule has 0 saturated heterocycles. The first-order valence-electron chi connectivity index (χ1n) is 11.5. The minimum absolute atomic E-state index is 0.0238. The quantitative estimate of drug-likeness (QED) is 0.102. The van der Waals surface area contributed by atoms with E-state index in [2.05, 4.69) is 20.4 Å². The number of nitro benzene ring substituents is 2. The third kappa shape index (κ3) is 7.44. The highest BCUT2D eigenvalue weighted by atomic mass is 32.1. The van der Waals surface area contributed by atoms with E-state index >= 15 is 0 Å². The number of hydrazone groups is 1. The van der Waals surface area contributed by atoms with E-state index in [4.69, 9.17) is 14.0 Å². The van der Waals surface area contributed by atoms with Gasteiger partial charge in [0.1, 0.15) is 0 Å². The Morgan fingerprint density at radius 3 is 2.07 bits per heavy atom. The van der Waals surface area contributed by atoms with Crippen molar-refractivity contribution in [2.75, 3.05) is 25.7 Å². The lowest BCUT2D eigenvalue weighted by molar-refractivity contribution is -0.385. The second-order valence-corrected chi connectivity index (χ2v) is 10.4. The third-order valence-corrected chi connectivity index (χ3v) is 7.72. The van der Waals surface area contributed by atoms with E-state index in [1.54, 1.807) is 6.92 Å². The molecule has 3 rings (SSSR count). The number of ether oxygens (including phenoxy) is 2. The van der Waals surface area contributed by atoms with Gasteiger partial charge in [0.15, 0.2) is 4.67 Å². The molecular weight excluding hydrogens is 585 g/mol. The Balaban J connectivity index is 2.14. The number of hydrogen-bond donors (Lipinski definition) is 1. The van der Waals surface area contributed by atoms with Crippen molar-refractivity contribution in [1.82, 2.24) is 9.17 Å². The lowest BCUT2D eigenvalue weighted by atomic mass is 10.3. The van der Waals surface area contributed by atoms with E-state index in [-0.39, 0.29) is 40.6 Å². The van der Waals surface area contributed by atoms with Crippen molar-refractivity contribution >= 4 is 53.5 Å². The van der Waals surface area contributed by atoms with Crippen LogP contribution in [0.2, 0.25) is 0 Å². The Bertz CT molecular complexity index is 1600. The zero-order valence-corrected chi connectivity index (χ0v) is 23.4. The molecule has 0 fully saturated rings. The van der Waals surface area contributed by atoms with Gasteiger partial charge in [-0.1, -0.05) is 0 Å². The number of benzene rings is 2. The molecule has 19 heteroatoms. The summed E-state index contributed by atoms with van der Waals surface area (Å²) in [5.74, 6) is -2.08. The van der Waals surface area contributed by atoms with E-state index in [0.29, 0.717) is 17.2 Å². The van der Waals surface area contributed by atoms with Crippen molar-refractivity contribution in [2.45, 2.75) is 13.8 Å². The average molecular weight is 607 g/mol. The number of non-ortho nitro benzene ring substituents is 2. The first kappa shape index (κ1) is 30.7. The molecule has 3 aromatic rings. The van der Waals surface area contributed by atoms with Crippen LogP contribution in [-0.2, 0) is 23.4 Å². The molecule has 1 heterocycles. The maximum atomic E-state index is 13.9. The summed E-state index contributed by atoms with van der Waals surface area (Å²) < 4.78 is 34.0. The molecule has 0 saturated carbocycles. The maximum absolute atomic E-state index is 13.9. The molecule has 0 aliphatic rings. The fraction of sp³-hybridized carbons (Fsp3) is 0.227. The summed E-state index contributed by atoms with van der Waals surface area (Å²) >= 11 is 0.709. The molecule has 0 bridgehead atoms. The second kappa shape index (κ2) is 13.5. The molecule has 41 heavy (non-hydrogen) atoms. The van der Waals surface area contributed by atoms with E-state index in [1.807, 2.05) is 0 Å². The second-order valence-electron chi connectivity index (χ2n) is 7.49. The Kier molecular flexibility index (Phi) is 10.1. The van der Waals surface area contributed by atoms with Crippen LogP contribution in [0, 0.1) is 20.2 Å². The molecule has 0 amide bonds. The number of anilines is 1. The topological polar surface area (TPSA) is 220 Å². The largest absolute Gasteiger partial charge is 0.461 e. The van der Waals surface area contributed by atoms with Crippen molar-refractivity contribution in [1.29, 1.82) is 0 Å². The van der Waals surface area contributed by atoms with Gasteiger partial charge in [-0.2, -0.15) is 13.9 Å². The van der Waals surface area contributed by atoms with E-state index in [1.165, 1.54) is 59.5 Å². The van der Waals surface area contributed by atoms with Gasteiger partial charge in [0.2, 0.25) is 5.69 Å². The molecule has 0 aliphatic carbocycles. The van der Waals surface area contributed by atoms with Crippen LogP contribution in [0.25, 0.3) is 5.69 Å². The highest BCUT2D eigenvalue weighted by molar-refractivity contribution is 7.78. The summed E-state index contributed by atoms with van der Waals surface area (Å²) in [4.78, 5) is 46.1. The van der Waals surface area contributed by atoms with Crippen LogP contribution in [-0.4, -0.2) is 56.7 Å². The van der Waals surface area contributed by atoms with Crippen LogP contribution >= 0.6 is 19.1 Å². The fourth-order valence-electron chi connectivity index (χ4n) is 2.97. The Labute approximate surface area is 235 Å². The standard InChI is InChI=1S/C22H22N7O10PS/c1-4-38-21(30)18-20(41-27(25-18)15-10-12-17(13-11-15)29(34)35)26-40(36,37-3)19(22(31)39-5-2)24-23-14-6-8-16(9-7-14)28(32)33/h6-13,23H,4-5H2,1-3H3/b24-19+,26-20-. The summed E-state index contributed by atoms with van der Waals surface area (Å²) in [7, 11) is -3.57. The molecule has 1 N–H and O–H groups in total. The van der Waals surface area contributed by atoms with Crippen molar-refractivity contribution in [2.24, 2.45) is 9.86 Å². The predicted molar refractivity (Wildman–Crippen MR) is 145 cm³/mol. The van der Waals surface area contributed by atoms with E-state index in [0.717, 1.165) is 7.11 Å². The number of aromatic nitrogens is 2. The van der Waals surface area contributed by atoms with Crippen LogP contribution < -0.4 is 10.1 Å². The van der Waals surface area contributed by atoms with Gasteiger partial charge in [-0.25, -0.2) is 9.59 Å². The van der Waals surface area contributed by atoms with Gasteiger partial charge in [0.05, 0.1) is 34.4 Å². The highest BCUT2D eigenvalue weighted by Crippen LogP contribution is 2.49. The van der Waals surface area contributed by atoms with Crippen molar-refractivity contribution in [3.8, 4) is 5.69 Å². The molecular formula is C22H22N7O10PS.